The second-order valence-electron chi connectivity index (χ2n) is 4.42. The number of nitrogens with one attached hydrogen (secondary N) is 1. The van der Waals surface area contributed by atoms with Crippen LogP contribution in [-0.4, -0.2) is 26.4 Å². The molecule has 1 aromatic rings. The van der Waals surface area contributed by atoms with Crippen LogP contribution in [0.5, 0.6) is 5.75 Å². The van der Waals surface area contributed by atoms with Crippen molar-refractivity contribution in [2.45, 2.75) is 31.9 Å². The summed E-state index contributed by atoms with van der Waals surface area (Å²) < 4.78 is 40.7. The Morgan fingerprint density at radius 2 is 1.74 bits per heavy atom. The van der Waals surface area contributed by atoms with Gasteiger partial charge in [0.25, 0.3) is 0 Å². The first kappa shape index (κ1) is 15.8. The molecule has 0 saturated carbocycles. The molecule has 5 heteroatoms. The van der Waals surface area contributed by atoms with Crippen LogP contribution in [0.25, 0.3) is 0 Å². The van der Waals surface area contributed by atoms with Gasteiger partial charge in [0.1, 0.15) is 5.75 Å². The van der Waals surface area contributed by atoms with Gasteiger partial charge in [-0.05, 0) is 50.0 Å². The fraction of sp³-hybridized carbons (Fsp3) is 0.571. The van der Waals surface area contributed by atoms with Crippen LogP contribution in [0.3, 0.4) is 0 Å². The summed E-state index contributed by atoms with van der Waals surface area (Å²) >= 11 is 0. The molecule has 0 unspecified atom stereocenters. The number of hydrogen-bond acceptors (Lipinski definition) is 2. The fourth-order valence-corrected chi connectivity index (χ4v) is 1.73. The molecule has 108 valence electrons. The lowest BCUT2D eigenvalue weighted by Crippen LogP contribution is -2.19. The third-order valence-electron chi connectivity index (χ3n) is 2.81. The van der Waals surface area contributed by atoms with Crippen molar-refractivity contribution in [1.29, 1.82) is 0 Å². The maximum Gasteiger partial charge on any atom is 0.389 e. The molecule has 0 spiro atoms. The van der Waals surface area contributed by atoms with E-state index in [2.05, 4.69) is 5.32 Å². The average Bonchev–Trinajstić information content (AvgIpc) is 2.37. The molecule has 0 fully saturated rings. The molecule has 19 heavy (non-hydrogen) atoms. The standard InChI is InChI=1S/C14H20F3NO/c1-19-13-6-4-12(5-7-13)8-11-18-10-3-2-9-14(15,16)17/h4-7,18H,2-3,8-11H2,1H3. The Kier molecular flexibility index (Phi) is 6.70. The van der Waals surface area contributed by atoms with Gasteiger partial charge in [0.2, 0.25) is 0 Å². The van der Waals surface area contributed by atoms with Gasteiger partial charge in [0.15, 0.2) is 0 Å². The lowest BCUT2D eigenvalue weighted by atomic mass is 10.1. The number of alkyl halides is 3. The van der Waals surface area contributed by atoms with Crippen LogP contribution in [0.4, 0.5) is 13.2 Å². The van der Waals surface area contributed by atoms with E-state index in [0.717, 1.165) is 18.7 Å². The Morgan fingerprint density at radius 1 is 1.05 bits per heavy atom. The molecule has 1 aromatic carbocycles. The first-order valence-corrected chi connectivity index (χ1v) is 6.41. The summed E-state index contributed by atoms with van der Waals surface area (Å²) in [4.78, 5) is 0. The first-order valence-electron chi connectivity index (χ1n) is 6.41. The van der Waals surface area contributed by atoms with Gasteiger partial charge in [-0.1, -0.05) is 12.1 Å². The molecule has 1 rings (SSSR count). The number of benzene rings is 1. The molecule has 0 aliphatic carbocycles. The number of halogens is 3. The molecule has 0 aliphatic rings. The molecule has 0 aromatic heterocycles. The van der Waals surface area contributed by atoms with Crippen molar-refractivity contribution < 1.29 is 17.9 Å². The minimum Gasteiger partial charge on any atom is -0.497 e. The topological polar surface area (TPSA) is 21.3 Å². The summed E-state index contributed by atoms with van der Waals surface area (Å²) in [7, 11) is 1.62. The third kappa shape index (κ3) is 7.72. The summed E-state index contributed by atoms with van der Waals surface area (Å²) in [5.41, 5.74) is 1.18. The van der Waals surface area contributed by atoms with E-state index in [1.54, 1.807) is 7.11 Å². The van der Waals surface area contributed by atoms with Crippen LogP contribution < -0.4 is 10.1 Å². The summed E-state index contributed by atoms with van der Waals surface area (Å²) in [5, 5.41) is 3.15. The zero-order chi connectivity index (χ0) is 14.1. The van der Waals surface area contributed by atoms with Crippen LogP contribution in [0.2, 0.25) is 0 Å². The smallest absolute Gasteiger partial charge is 0.389 e. The van der Waals surface area contributed by atoms with Crippen LogP contribution in [0.1, 0.15) is 24.8 Å². The number of ether oxygens (including phenoxy) is 1. The largest absolute Gasteiger partial charge is 0.497 e. The molecule has 0 amide bonds. The van der Waals surface area contributed by atoms with E-state index in [4.69, 9.17) is 4.74 Å². The van der Waals surface area contributed by atoms with E-state index in [1.807, 2.05) is 24.3 Å². The molecular weight excluding hydrogens is 255 g/mol. The zero-order valence-corrected chi connectivity index (χ0v) is 11.1. The van der Waals surface area contributed by atoms with Crippen LogP contribution >= 0.6 is 0 Å². The molecule has 1 N–H and O–H groups in total. The Balaban J connectivity index is 2.04. The number of methoxy groups -OCH3 is 1. The minimum absolute atomic E-state index is 0.193. The van der Waals surface area contributed by atoms with Crippen molar-refractivity contribution in [3.05, 3.63) is 29.8 Å². The van der Waals surface area contributed by atoms with Crippen molar-refractivity contribution in [1.82, 2.24) is 5.32 Å². The summed E-state index contributed by atoms with van der Waals surface area (Å²) in [6, 6.07) is 7.78. The van der Waals surface area contributed by atoms with Crippen molar-refractivity contribution in [2.24, 2.45) is 0 Å². The quantitative estimate of drug-likeness (QED) is 0.732. The Labute approximate surface area is 112 Å². The van der Waals surface area contributed by atoms with Gasteiger partial charge < -0.3 is 10.1 Å². The average molecular weight is 275 g/mol. The highest BCUT2D eigenvalue weighted by Crippen LogP contribution is 2.21. The van der Waals surface area contributed by atoms with Gasteiger partial charge in [0, 0.05) is 6.42 Å². The van der Waals surface area contributed by atoms with E-state index in [-0.39, 0.29) is 6.42 Å². The van der Waals surface area contributed by atoms with Gasteiger partial charge in [-0.3, -0.25) is 0 Å². The highest BCUT2D eigenvalue weighted by atomic mass is 19.4. The van der Waals surface area contributed by atoms with E-state index >= 15 is 0 Å². The zero-order valence-electron chi connectivity index (χ0n) is 11.1. The summed E-state index contributed by atoms with van der Waals surface area (Å²) in [6.45, 7) is 1.41. The van der Waals surface area contributed by atoms with Gasteiger partial charge in [-0.25, -0.2) is 0 Å². The highest BCUT2D eigenvalue weighted by Gasteiger charge is 2.25. The normalized spacial score (nSPS) is 11.6. The Hall–Kier alpha value is -1.23. The Morgan fingerprint density at radius 3 is 2.32 bits per heavy atom. The summed E-state index contributed by atoms with van der Waals surface area (Å²) in [5.74, 6) is 0.823. The lowest BCUT2D eigenvalue weighted by molar-refractivity contribution is -0.135. The van der Waals surface area contributed by atoms with E-state index in [1.165, 1.54) is 5.56 Å². The predicted molar refractivity (Wildman–Crippen MR) is 69.5 cm³/mol. The highest BCUT2D eigenvalue weighted by molar-refractivity contribution is 5.27. The first-order chi connectivity index (χ1) is 9.01. The third-order valence-corrected chi connectivity index (χ3v) is 2.81. The second-order valence-corrected chi connectivity index (χ2v) is 4.42. The van der Waals surface area contributed by atoms with Crippen molar-refractivity contribution in [2.75, 3.05) is 20.2 Å². The molecule has 0 heterocycles. The molecule has 0 atom stereocenters. The molecule has 2 nitrogen and oxygen atoms in total. The monoisotopic (exact) mass is 275 g/mol. The van der Waals surface area contributed by atoms with Gasteiger partial charge in [-0.2, -0.15) is 13.2 Å². The fourth-order valence-electron chi connectivity index (χ4n) is 1.73. The van der Waals surface area contributed by atoms with E-state index in [9.17, 15) is 13.2 Å². The Bertz CT molecular complexity index is 349. The molecule has 0 bridgehead atoms. The summed E-state index contributed by atoms with van der Waals surface area (Å²) in [6.07, 6.45) is -3.10. The maximum absolute atomic E-state index is 11.9. The molecule has 0 radical (unpaired) electrons. The van der Waals surface area contributed by atoms with E-state index < -0.39 is 12.6 Å². The number of unbranched alkanes of at least 4 members (excludes halogenated alkanes) is 1. The van der Waals surface area contributed by atoms with Crippen molar-refractivity contribution in [3.8, 4) is 5.75 Å². The minimum atomic E-state index is -4.02. The van der Waals surface area contributed by atoms with Crippen LogP contribution in [0.15, 0.2) is 24.3 Å². The maximum atomic E-state index is 11.9. The molecule has 0 saturated heterocycles. The van der Waals surface area contributed by atoms with Crippen molar-refractivity contribution in [3.63, 3.8) is 0 Å². The second kappa shape index (κ2) is 8.04. The van der Waals surface area contributed by atoms with Crippen LogP contribution in [-0.2, 0) is 6.42 Å². The SMILES string of the molecule is COc1ccc(CCNCCCCC(F)(F)F)cc1. The number of hydrogen-bond donors (Lipinski definition) is 1. The van der Waals surface area contributed by atoms with Crippen LogP contribution in [0, 0.1) is 0 Å². The molecule has 0 aliphatic heterocycles. The predicted octanol–water partition coefficient (Wildman–Crippen LogP) is 3.56. The van der Waals surface area contributed by atoms with Crippen molar-refractivity contribution >= 4 is 0 Å². The van der Waals surface area contributed by atoms with E-state index in [0.29, 0.717) is 13.0 Å². The molecular formula is C14H20F3NO. The number of rotatable bonds is 8. The van der Waals surface area contributed by atoms with Gasteiger partial charge in [0.05, 0.1) is 7.11 Å². The lowest BCUT2D eigenvalue weighted by Gasteiger charge is -2.07. The van der Waals surface area contributed by atoms with Gasteiger partial charge >= 0.3 is 6.18 Å². The van der Waals surface area contributed by atoms with Gasteiger partial charge in [-0.15, -0.1) is 0 Å².